The largest absolute Gasteiger partial charge is 0.438 e. The first-order valence-electron chi connectivity index (χ1n) is 23.9. The predicted molar refractivity (Wildman–Crippen MR) is 252 cm³/mol. The van der Waals surface area contributed by atoms with Crippen molar-refractivity contribution in [2.24, 2.45) is 0 Å². The highest BCUT2D eigenvalue weighted by Gasteiger charge is 2.33. The number of rotatable bonds is 28. The molecule has 0 spiro atoms. The Morgan fingerprint density at radius 3 is 1.51 bits per heavy atom. The Hall–Kier alpha value is -5.20. The summed E-state index contributed by atoms with van der Waals surface area (Å²) in [5.41, 5.74) is 4.52. The number of hydrogen-bond acceptors (Lipinski definition) is 8. The fraction of sp³-hybridized carbons (Fsp3) is 0.577. The van der Waals surface area contributed by atoms with Crippen LogP contribution in [0.15, 0.2) is 45.4 Å². The van der Waals surface area contributed by atoms with Gasteiger partial charge in [-0.15, -0.1) is 5.10 Å². The normalized spacial score (nSPS) is 11.2. The molecule has 0 bridgehead atoms. The van der Waals surface area contributed by atoms with Crippen LogP contribution in [0.4, 0.5) is 11.8 Å². The summed E-state index contributed by atoms with van der Waals surface area (Å²) in [7, 11) is 0. The summed E-state index contributed by atoms with van der Waals surface area (Å²) < 4.78 is 16.1. The Morgan fingerprint density at radius 2 is 1.02 bits per heavy atom. The van der Waals surface area contributed by atoms with Crippen LogP contribution in [0, 0.1) is 34.5 Å². The lowest BCUT2D eigenvalue weighted by molar-refractivity contribution is 0.527. The second-order valence-electron chi connectivity index (χ2n) is 16.7. The highest BCUT2D eigenvalue weighted by molar-refractivity contribution is 6.17. The van der Waals surface area contributed by atoms with E-state index in [9.17, 15) is 10.5 Å². The lowest BCUT2D eigenvalue weighted by Crippen LogP contribution is -2.26. The van der Waals surface area contributed by atoms with Crippen molar-refractivity contribution in [3.05, 3.63) is 58.8 Å². The minimum atomic E-state index is 0.445. The van der Waals surface area contributed by atoms with Crippen LogP contribution in [-0.4, -0.2) is 41.2 Å². The smallest absolute Gasteiger partial charge is 0.214 e. The molecule has 0 aliphatic heterocycles. The molecule has 0 aliphatic carbocycles. The summed E-state index contributed by atoms with van der Waals surface area (Å²) in [6.07, 6.45) is 24.1. The van der Waals surface area contributed by atoms with Crippen molar-refractivity contribution in [1.29, 1.82) is 10.5 Å². The highest BCUT2D eigenvalue weighted by Crippen LogP contribution is 2.48. The van der Waals surface area contributed by atoms with E-state index in [2.05, 4.69) is 73.6 Å². The van der Waals surface area contributed by atoms with E-state index < -0.39 is 0 Å². The average molecular weight is 826 g/mol. The quantitative estimate of drug-likeness (QED) is 0.0362. The van der Waals surface area contributed by atoms with Crippen molar-refractivity contribution in [1.82, 2.24) is 15.0 Å². The summed E-state index contributed by atoms with van der Waals surface area (Å²) in [5.74, 6) is 8.01. The van der Waals surface area contributed by atoms with Crippen molar-refractivity contribution in [3.8, 4) is 35.2 Å². The van der Waals surface area contributed by atoms with Crippen LogP contribution in [0.3, 0.4) is 0 Å². The van der Waals surface area contributed by atoms with Gasteiger partial charge in [0, 0.05) is 38.3 Å². The molecule has 0 atom stereocenters. The molecular formula is C52H71N7O2. The zero-order valence-corrected chi connectivity index (χ0v) is 38.1. The van der Waals surface area contributed by atoms with Crippen LogP contribution in [0.25, 0.3) is 33.2 Å². The monoisotopic (exact) mass is 826 g/mol. The van der Waals surface area contributed by atoms with E-state index in [4.69, 9.17) is 13.9 Å². The van der Waals surface area contributed by atoms with Gasteiger partial charge in [-0.25, -0.2) is 0 Å². The molecule has 0 N–H and O–H groups in total. The maximum atomic E-state index is 11.3. The summed E-state index contributed by atoms with van der Waals surface area (Å²) in [5, 5.41) is 33.1. The summed E-state index contributed by atoms with van der Waals surface area (Å²) >= 11 is 0. The first kappa shape index (κ1) is 46.9. The van der Waals surface area contributed by atoms with Gasteiger partial charge in [-0.1, -0.05) is 166 Å². The second kappa shape index (κ2) is 25.5. The molecule has 0 fully saturated rings. The third kappa shape index (κ3) is 12.4. The molecule has 9 heteroatoms. The fourth-order valence-electron chi connectivity index (χ4n) is 8.34. The Kier molecular flexibility index (Phi) is 19.6. The molecule has 326 valence electrons. The Balaban J connectivity index is 1.84. The minimum Gasteiger partial charge on any atom is -0.438 e. The van der Waals surface area contributed by atoms with E-state index >= 15 is 0 Å². The molecule has 0 radical (unpaired) electrons. The summed E-state index contributed by atoms with van der Waals surface area (Å²) in [6, 6.07) is 15.1. The number of nitriles is 2. The number of fused-ring (bicyclic) bond motifs is 2. The number of hydrogen-bond donors (Lipinski definition) is 0. The number of anilines is 2. The van der Waals surface area contributed by atoms with Crippen LogP contribution >= 0.6 is 0 Å². The van der Waals surface area contributed by atoms with Gasteiger partial charge in [0.15, 0.2) is 5.58 Å². The first-order valence-corrected chi connectivity index (χ1v) is 23.9. The summed E-state index contributed by atoms with van der Waals surface area (Å²) in [4.78, 5) is 4.55. The predicted octanol–water partition coefficient (Wildman–Crippen LogP) is 14.1. The van der Waals surface area contributed by atoms with Gasteiger partial charge in [-0.05, 0) is 44.2 Å². The average Bonchev–Trinajstić information content (AvgIpc) is 4.02. The molecule has 3 heterocycles. The van der Waals surface area contributed by atoms with Gasteiger partial charge in [-0.2, -0.15) is 10.5 Å². The molecule has 0 saturated carbocycles. The third-order valence-electron chi connectivity index (χ3n) is 11.8. The molecule has 0 amide bonds. The molecule has 0 saturated heterocycles. The van der Waals surface area contributed by atoms with E-state index in [1.807, 2.05) is 41.2 Å². The van der Waals surface area contributed by atoms with Gasteiger partial charge >= 0.3 is 0 Å². The zero-order valence-electron chi connectivity index (χ0n) is 38.1. The van der Waals surface area contributed by atoms with Crippen molar-refractivity contribution in [2.45, 2.75) is 170 Å². The zero-order chi connectivity index (χ0) is 43.2. The molecule has 5 aromatic rings. The molecule has 3 aromatic heterocycles. The number of aromatic nitrogens is 3. The van der Waals surface area contributed by atoms with Crippen LogP contribution in [0.2, 0.25) is 0 Å². The van der Waals surface area contributed by atoms with Crippen LogP contribution in [0.5, 0.6) is 0 Å². The third-order valence-corrected chi connectivity index (χ3v) is 11.8. The highest BCUT2D eigenvalue weighted by atomic mass is 16.4. The van der Waals surface area contributed by atoms with E-state index in [1.165, 1.54) is 6.42 Å². The molecule has 5 rings (SSSR count). The maximum Gasteiger partial charge on any atom is 0.214 e. The number of aryl methyl sites for hydroxylation is 1. The van der Waals surface area contributed by atoms with E-state index in [0.717, 1.165) is 160 Å². The Labute approximate surface area is 366 Å². The van der Waals surface area contributed by atoms with Gasteiger partial charge < -0.3 is 18.6 Å². The van der Waals surface area contributed by atoms with Gasteiger partial charge in [0.1, 0.15) is 34.5 Å². The lowest BCUT2D eigenvalue weighted by atomic mass is 9.95. The fourth-order valence-corrected chi connectivity index (χ4v) is 8.34. The van der Waals surface area contributed by atoms with E-state index in [-0.39, 0.29) is 0 Å². The molecule has 2 aromatic carbocycles. The Morgan fingerprint density at radius 1 is 0.541 bits per heavy atom. The maximum absolute atomic E-state index is 11.3. The number of nitrogens with zero attached hydrogens (tertiary/aromatic N) is 7. The van der Waals surface area contributed by atoms with E-state index in [0.29, 0.717) is 61.7 Å². The van der Waals surface area contributed by atoms with Crippen LogP contribution < -0.4 is 9.80 Å². The first-order chi connectivity index (χ1) is 30.0. The SMILES string of the molecule is CCCCCCN(CCCCCC)c1oc2c(-c3cn(CCCCCC)nn3)c3c(C#N)c(N(CCCCCC)CCCCCC)oc3c(C#Cc3ccccc3)c2c1C#N. The van der Waals surface area contributed by atoms with Gasteiger partial charge in [0.25, 0.3) is 0 Å². The van der Waals surface area contributed by atoms with Crippen LogP contribution in [0.1, 0.15) is 185 Å². The minimum absolute atomic E-state index is 0.445. The molecule has 9 nitrogen and oxygen atoms in total. The van der Waals surface area contributed by atoms with Crippen molar-refractivity contribution in [2.75, 3.05) is 36.0 Å². The molecule has 0 unspecified atom stereocenters. The van der Waals surface area contributed by atoms with Gasteiger partial charge in [-0.3, -0.25) is 4.68 Å². The van der Waals surface area contributed by atoms with Crippen molar-refractivity contribution >= 4 is 33.7 Å². The van der Waals surface area contributed by atoms with Crippen molar-refractivity contribution in [3.63, 3.8) is 0 Å². The van der Waals surface area contributed by atoms with Crippen molar-refractivity contribution < 1.29 is 8.83 Å². The lowest BCUT2D eigenvalue weighted by Gasteiger charge is -2.22. The number of benzene rings is 2. The second-order valence-corrected chi connectivity index (χ2v) is 16.7. The number of furan rings is 2. The standard InChI is InChI=1S/C52H71N7O2/c1-6-11-16-24-33-57(34-25-17-12-7-2)51-43(38-53)46-42(32-31-41-29-22-21-23-30-41)49-47(48(50(46)61-51)45-40-59(56-55-45)37-28-20-15-10-5)44(39-54)52(60-49)58(35-26-18-13-8-3)36-27-19-14-9-4/h21-23,29-30,40H,6-20,24-28,33-37H2,1-5H3. The molecule has 0 aliphatic rings. The number of unbranched alkanes of at least 4 members (excludes halogenated alkanes) is 15. The molecular weight excluding hydrogens is 755 g/mol. The molecule has 61 heavy (non-hydrogen) atoms. The van der Waals surface area contributed by atoms with E-state index in [1.54, 1.807) is 0 Å². The van der Waals surface area contributed by atoms with Crippen LogP contribution in [-0.2, 0) is 6.54 Å². The summed E-state index contributed by atoms with van der Waals surface area (Å²) in [6.45, 7) is 15.0. The topological polar surface area (TPSA) is 111 Å². The van der Waals surface area contributed by atoms with Gasteiger partial charge in [0.05, 0.1) is 28.1 Å². The van der Waals surface area contributed by atoms with Gasteiger partial charge in [0.2, 0.25) is 11.8 Å². The Bertz CT molecular complexity index is 2170.